The Kier molecular flexibility index (Phi) is 4.92. The molecule has 0 amide bonds. The molecule has 1 fully saturated rings. The van der Waals surface area contributed by atoms with E-state index in [-0.39, 0.29) is 33.0 Å². The van der Waals surface area contributed by atoms with Crippen molar-refractivity contribution in [1.82, 2.24) is 20.3 Å². The first kappa shape index (κ1) is 21.2. The number of nitrogens with two attached hydrogens (primary N) is 1. The van der Waals surface area contributed by atoms with Gasteiger partial charge in [0.25, 0.3) is 0 Å². The van der Waals surface area contributed by atoms with Gasteiger partial charge in [-0.2, -0.15) is 9.97 Å². The zero-order valence-electron chi connectivity index (χ0n) is 18.6. The summed E-state index contributed by atoms with van der Waals surface area (Å²) in [6.45, 7) is 4.50. The van der Waals surface area contributed by atoms with E-state index in [9.17, 15) is 4.39 Å². The summed E-state index contributed by atoms with van der Waals surface area (Å²) in [6, 6.07) is 3.10. The summed E-state index contributed by atoms with van der Waals surface area (Å²) in [6.07, 6.45) is 0.946. The van der Waals surface area contributed by atoms with Crippen LogP contribution in [0.4, 0.5) is 19.7 Å². The number of halogens is 2. The molecule has 2 aliphatic heterocycles. The van der Waals surface area contributed by atoms with Crippen LogP contribution in [-0.2, 0) is 0 Å². The summed E-state index contributed by atoms with van der Waals surface area (Å²) >= 11 is 1.03. The minimum absolute atomic E-state index is 0.0714. The SMILES string of the molecule is COc1nc2c3c(c(C)c(-c4ccc(F)c5sc(N)nc45)c(F)c3n1)OCCN2C1CCNC1. The molecule has 1 unspecified atom stereocenters. The van der Waals surface area contributed by atoms with Gasteiger partial charge in [-0.25, -0.2) is 13.8 Å². The Balaban J connectivity index is 1.68. The van der Waals surface area contributed by atoms with Crippen molar-refractivity contribution in [3.8, 4) is 22.9 Å². The van der Waals surface area contributed by atoms with E-state index >= 15 is 4.39 Å². The van der Waals surface area contributed by atoms with Gasteiger partial charge in [-0.15, -0.1) is 0 Å². The van der Waals surface area contributed by atoms with Crippen molar-refractivity contribution < 1.29 is 18.3 Å². The molecule has 4 aromatic rings. The molecule has 2 aromatic carbocycles. The molecular formula is C23H22F2N6O2S. The Labute approximate surface area is 197 Å². The van der Waals surface area contributed by atoms with Gasteiger partial charge in [0.1, 0.15) is 29.5 Å². The number of hydrogen-bond acceptors (Lipinski definition) is 9. The highest BCUT2D eigenvalue weighted by molar-refractivity contribution is 7.22. The summed E-state index contributed by atoms with van der Waals surface area (Å²) in [7, 11) is 1.46. The largest absolute Gasteiger partial charge is 0.491 e. The lowest BCUT2D eigenvalue weighted by Crippen LogP contribution is -2.39. The number of nitrogen functional groups attached to an aromatic ring is 1. The Morgan fingerprint density at radius 3 is 2.85 bits per heavy atom. The van der Waals surface area contributed by atoms with Crippen LogP contribution in [-0.4, -0.2) is 54.3 Å². The first-order valence-corrected chi connectivity index (χ1v) is 11.8. The summed E-state index contributed by atoms with van der Waals surface area (Å²) in [4.78, 5) is 15.5. The third-order valence-electron chi connectivity index (χ3n) is 6.53. The molecule has 4 heterocycles. The average molecular weight is 485 g/mol. The summed E-state index contributed by atoms with van der Waals surface area (Å²) in [5.41, 5.74) is 7.53. The van der Waals surface area contributed by atoms with Crippen molar-refractivity contribution in [3.05, 3.63) is 29.3 Å². The van der Waals surface area contributed by atoms with Gasteiger partial charge in [0, 0.05) is 29.3 Å². The highest BCUT2D eigenvalue weighted by atomic mass is 32.1. The number of methoxy groups -OCH3 is 1. The van der Waals surface area contributed by atoms with Gasteiger partial charge in [0.15, 0.2) is 10.9 Å². The molecule has 0 saturated carbocycles. The van der Waals surface area contributed by atoms with Crippen molar-refractivity contribution in [2.45, 2.75) is 19.4 Å². The van der Waals surface area contributed by atoms with Crippen LogP contribution in [0.25, 0.3) is 32.2 Å². The Hall–Kier alpha value is -3.31. The number of fused-ring (bicyclic) bond motifs is 1. The van der Waals surface area contributed by atoms with Crippen LogP contribution in [0.5, 0.6) is 11.8 Å². The maximum absolute atomic E-state index is 16.3. The molecule has 176 valence electrons. The summed E-state index contributed by atoms with van der Waals surface area (Å²) in [5, 5.41) is 4.10. The van der Waals surface area contributed by atoms with Crippen LogP contribution in [0.2, 0.25) is 0 Å². The van der Waals surface area contributed by atoms with E-state index in [1.165, 1.54) is 19.2 Å². The molecule has 0 radical (unpaired) electrons. The monoisotopic (exact) mass is 484 g/mol. The topological polar surface area (TPSA) is 98.4 Å². The van der Waals surface area contributed by atoms with Crippen LogP contribution in [0.3, 0.4) is 0 Å². The number of thiazole rings is 1. The Morgan fingerprint density at radius 1 is 1.24 bits per heavy atom. The fourth-order valence-electron chi connectivity index (χ4n) is 4.99. The van der Waals surface area contributed by atoms with Crippen molar-refractivity contribution >= 4 is 43.4 Å². The van der Waals surface area contributed by atoms with Gasteiger partial charge in [0.2, 0.25) is 0 Å². The van der Waals surface area contributed by atoms with Gasteiger partial charge >= 0.3 is 6.01 Å². The number of nitrogens with one attached hydrogen (secondary N) is 1. The summed E-state index contributed by atoms with van der Waals surface area (Å²) in [5.74, 6) is 0.0953. The maximum atomic E-state index is 16.3. The smallest absolute Gasteiger partial charge is 0.318 e. The van der Waals surface area contributed by atoms with E-state index in [4.69, 9.17) is 15.2 Å². The molecule has 1 saturated heterocycles. The number of rotatable bonds is 3. The fraction of sp³-hybridized carbons (Fsp3) is 0.348. The Morgan fingerprint density at radius 2 is 2.09 bits per heavy atom. The highest BCUT2D eigenvalue weighted by Crippen LogP contribution is 2.47. The van der Waals surface area contributed by atoms with Gasteiger partial charge in [0.05, 0.1) is 29.3 Å². The van der Waals surface area contributed by atoms with Crippen LogP contribution < -0.4 is 25.4 Å². The predicted molar refractivity (Wildman–Crippen MR) is 128 cm³/mol. The van der Waals surface area contributed by atoms with Gasteiger partial charge in [-0.1, -0.05) is 11.3 Å². The molecule has 8 nitrogen and oxygen atoms in total. The molecular weight excluding hydrogens is 462 g/mol. The molecule has 0 aliphatic carbocycles. The third kappa shape index (κ3) is 3.07. The zero-order chi connectivity index (χ0) is 23.6. The number of ether oxygens (including phenoxy) is 2. The summed E-state index contributed by atoms with van der Waals surface area (Å²) < 4.78 is 42.6. The molecule has 6 rings (SSSR count). The fourth-order valence-corrected chi connectivity index (χ4v) is 5.75. The minimum atomic E-state index is -0.562. The lowest BCUT2D eigenvalue weighted by atomic mass is 9.95. The van der Waals surface area contributed by atoms with Crippen molar-refractivity contribution in [1.29, 1.82) is 0 Å². The van der Waals surface area contributed by atoms with E-state index in [0.29, 0.717) is 46.7 Å². The highest BCUT2D eigenvalue weighted by Gasteiger charge is 2.33. The number of aromatic nitrogens is 3. The molecule has 2 aliphatic rings. The first-order valence-electron chi connectivity index (χ1n) is 11.0. The second-order valence-electron chi connectivity index (χ2n) is 8.41. The Bertz CT molecular complexity index is 1450. The second kappa shape index (κ2) is 7.88. The molecule has 3 N–H and O–H groups in total. The van der Waals surface area contributed by atoms with Gasteiger partial charge < -0.3 is 25.4 Å². The van der Waals surface area contributed by atoms with Crippen LogP contribution in [0, 0.1) is 18.6 Å². The van der Waals surface area contributed by atoms with E-state index in [0.717, 1.165) is 30.8 Å². The molecule has 2 aromatic heterocycles. The van der Waals surface area contributed by atoms with Crippen LogP contribution in [0.15, 0.2) is 12.1 Å². The second-order valence-corrected chi connectivity index (χ2v) is 9.44. The predicted octanol–water partition coefficient (Wildman–Crippen LogP) is 3.64. The molecule has 34 heavy (non-hydrogen) atoms. The van der Waals surface area contributed by atoms with Gasteiger partial charge in [-0.3, -0.25) is 0 Å². The molecule has 0 bridgehead atoms. The standard InChI is InChI=1S/C23H22F2N6O2S/c1-10-14(12-3-4-13(24)20-17(12)28-22(26)34-20)16(25)18-15-19(10)33-8-7-31(11-5-6-27-9-11)21(15)30-23(29-18)32-2/h3-4,11,27H,5-9H2,1-2H3,(H2,26,28). The van der Waals surface area contributed by atoms with Crippen LogP contribution >= 0.6 is 11.3 Å². The maximum Gasteiger partial charge on any atom is 0.318 e. The van der Waals surface area contributed by atoms with Gasteiger partial charge in [-0.05, 0) is 32.0 Å². The van der Waals surface area contributed by atoms with Crippen molar-refractivity contribution in [3.63, 3.8) is 0 Å². The minimum Gasteiger partial charge on any atom is -0.491 e. The third-order valence-corrected chi connectivity index (χ3v) is 7.42. The zero-order valence-corrected chi connectivity index (χ0v) is 19.4. The van der Waals surface area contributed by atoms with E-state index in [2.05, 4.69) is 25.2 Å². The normalized spacial score (nSPS) is 17.9. The van der Waals surface area contributed by atoms with E-state index < -0.39 is 11.6 Å². The number of hydrogen-bond donors (Lipinski definition) is 2. The lowest BCUT2D eigenvalue weighted by molar-refractivity contribution is 0.325. The lowest BCUT2D eigenvalue weighted by Gasteiger charge is -2.28. The van der Waals surface area contributed by atoms with Crippen molar-refractivity contribution in [2.75, 3.05) is 44.0 Å². The molecule has 11 heteroatoms. The molecule has 0 spiro atoms. The number of nitrogens with zero attached hydrogens (tertiary/aromatic N) is 4. The average Bonchev–Trinajstić information content (AvgIpc) is 3.46. The van der Waals surface area contributed by atoms with Crippen molar-refractivity contribution in [2.24, 2.45) is 0 Å². The van der Waals surface area contributed by atoms with E-state index in [1.807, 2.05) is 0 Å². The quantitative estimate of drug-likeness (QED) is 0.455. The number of anilines is 2. The van der Waals surface area contributed by atoms with Crippen LogP contribution in [0.1, 0.15) is 12.0 Å². The first-order chi connectivity index (χ1) is 16.5. The number of benzene rings is 2. The molecule has 1 atom stereocenters. The van der Waals surface area contributed by atoms with E-state index in [1.54, 1.807) is 6.92 Å².